The molecule has 2 saturated heterocycles. The number of amidine groups is 1. The van der Waals surface area contributed by atoms with Crippen molar-refractivity contribution in [3.63, 3.8) is 0 Å². The van der Waals surface area contributed by atoms with Gasteiger partial charge < -0.3 is 14.8 Å². The Morgan fingerprint density at radius 3 is 2.55 bits per heavy atom. The number of rotatable bonds is 3. The van der Waals surface area contributed by atoms with Crippen LogP contribution in [0.15, 0.2) is 36.4 Å². The molecule has 2 amide bonds. The highest BCUT2D eigenvalue weighted by Gasteiger charge is 2.53. The third-order valence-electron chi connectivity index (χ3n) is 6.79. The van der Waals surface area contributed by atoms with Crippen LogP contribution in [0.25, 0.3) is 0 Å². The number of hydrogen-bond acceptors (Lipinski definition) is 5. The monoisotopic (exact) mass is 424 g/mol. The summed E-state index contributed by atoms with van der Waals surface area (Å²) in [6, 6.07) is 9.47. The fraction of sp³-hybridized carbons (Fsp3) is 0.391. The highest BCUT2D eigenvalue weighted by atomic mass is 19.1. The summed E-state index contributed by atoms with van der Waals surface area (Å²) in [5.41, 5.74) is 2.11. The second kappa shape index (κ2) is 7.23. The van der Waals surface area contributed by atoms with Crippen molar-refractivity contribution >= 4 is 17.6 Å². The lowest BCUT2D eigenvalue weighted by Crippen LogP contribution is -2.56. The molecule has 0 saturated carbocycles. The van der Waals surface area contributed by atoms with Crippen LogP contribution in [0.1, 0.15) is 30.0 Å². The first kappa shape index (κ1) is 19.8. The number of carbonyl (C=O) groups excluding carboxylic acids is 1. The second-order valence-electron chi connectivity index (χ2n) is 8.33. The number of methoxy groups -OCH3 is 2. The van der Waals surface area contributed by atoms with Crippen LogP contribution < -0.4 is 19.7 Å². The summed E-state index contributed by atoms with van der Waals surface area (Å²) in [5.74, 6) is 1.24. The highest BCUT2D eigenvalue weighted by molar-refractivity contribution is 6.24. The smallest absolute Gasteiger partial charge is 0.328 e. The van der Waals surface area contributed by atoms with Gasteiger partial charge in [0.25, 0.3) is 0 Å². The van der Waals surface area contributed by atoms with Gasteiger partial charge in [-0.05, 0) is 66.8 Å². The minimum absolute atomic E-state index is 0.0612. The average Bonchev–Trinajstić information content (AvgIpc) is 3.02. The second-order valence-corrected chi connectivity index (χ2v) is 8.33. The van der Waals surface area contributed by atoms with Crippen molar-refractivity contribution in [2.75, 3.05) is 32.2 Å². The van der Waals surface area contributed by atoms with Gasteiger partial charge in [-0.2, -0.15) is 0 Å². The van der Waals surface area contributed by atoms with Crippen LogP contribution in [-0.4, -0.2) is 49.6 Å². The van der Waals surface area contributed by atoms with E-state index in [-0.39, 0.29) is 23.7 Å². The van der Waals surface area contributed by atoms with Crippen molar-refractivity contribution < 1.29 is 18.7 Å². The van der Waals surface area contributed by atoms with Crippen molar-refractivity contribution in [1.29, 1.82) is 5.41 Å². The highest BCUT2D eigenvalue weighted by Crippen LogP contribution is 2.46. The van der Waals surface area contributed by atoms with E-state index in [4.69, 9.17) is 14.9 Å². The zero-order valence-corrected chi connectivity index (χ0v) is 17.6. The number of fused-ring (bicyclic) bond motifs is 3. The minimum Gasteiger partial charge on any atom is -0.493 e. The molecule has 2 atom stereocenters. The number of hydrogen-bond donors (Lipinski definition) is 2. The summed E-state index contributed by atoms with van der Waals surface area (Å²) >= 11 is 0. The van der Waals surface area contributed by atoms with Gasteiger partial charge >= 0.3 is 6.03 Å². The van der Waals surface area contributed by atoms with Gasteiger partial charge in [0.1, 0.15) is 17.2 Å². The van der Waals surface area contributed by atoms with Gasteiger partial charge in [0.2, 0.25) is 0 Å². The number of ether oxygens (including phenoxy) is 2. The molecule has 0 aliphatic carbocycles. The summed E-state index contributed by atoms with van der Waals surface area (Å²) in [6.45, 7) is 1.70. The van der Waals surface area contributed by atoms with E-state index >= 15 is 0 Å². The van der Waals surface area contributed by atoms with Crippen LogP contribution >= 0.6 is 0 Å². The van der Waals surface area contributed by atoms with Crippen LogP contribution in [0.3, 0.4) is 0 Å². The average molecular weight is 424 g/mol. The summed E-state index contributed by atoms with van der Waals surface area (Å²) in [7, 11) is 3.26. The van der Waals surface area contributed by atoms with Crippen LogP contribution in [0.2, 0.25) is 0 Å². The van der Waals surface area contributed by atoms with E-state index < -0.39 is 5.54 Å². The number of urea groups is 1. The SMILES string of the molecule is COc1cc2c(cc1OC)[C@@H]1C[C@@]3(CCN1CC2)NC(=O)N(c1ccc(F)cc1)C3=N. The Hall–Kier alpha value is -3.13. The summed E-state index contributed by atoms with van der Waals surface area (Å²) in [6.07, 6.45) is 2.18. The summed E-state index contributed by atoms with van der Waals surface area (Å²) in [4.78, 5) is 16.6. The van der Waals surface area contributed by atoms with Crippen LogP contribution in [-0.2, 0) is 6.42 Å². The van der Waals surface area contributed by atoms with Crippen molar-refractivity contribution in [3.05, 3.63) is 53.3 Å². The molecule has 0 radical (unpaired) electrons. The van der Waals surface area contributed by atoms with Gasteiger partial charge in [-0.1, -0.05) is 0 Å². The lowest BCUT2D eigenvalue weighted by molar-refractivity contribution is 0.102. The fourth-order valence-electron chi connectivity index (χ4n) is 5.15. The van der Waals surface area contributed by atoms with Crippen LogP contribution in [0.4, 0.5) is 14.9 Å². The molecule has 2 aromatic rings. The van der Waals surface area contributed by atoms with Gasteiger partial charge in [0.05, 0.1) is 19.9 Å². The summed E-state index contributed by atoms with van der Waals surface area (Å²) < 4.78 is 24.4. The molecule has 7 nitrogen and oxygen atoms in total. The summed E-state index contributed by atoms with van der Waals surface area (Å²) in [5, 5.41) is 12.0. The van der Waals surface area contributed by atoms with Gasteiger partial charge in [0.15, 0.2) is 11.5 Å². The molecule has 2 N–H and O–H groups in total. The number of carbonyl (C=O) groups is 1. The molecule has 8 heteroatoms. The zero-order valence-electron chi connectivity index (χ0n) is 17.6. The third kappa shape index (κ3) is 3.05. The Bertz CT molecular complexity index is 1060. The molecule has 0 bridgehead atoms. The predicted octanol–water partition coefficient (Wildman–Crippen LogP) is 3.48. The van der Waals surface area contributed by atoms with Gasteiger partial charge in [-0.15, -0.1) is 0 Å². The van der Waals surface area contributed by atoms with Crippen molar-refractivity contribution in [3.8, 4) is 11.5 Å². The molecule has 31 heavy (non-hydrogen) atoms. The Balaban J connectivity index is 1.49. The van der Waals surface area contributed by atoms with E-state index in [1.165, 1.54) is 34.7 Å². The van der Waals surface area contributed by atoms with E-state index in [0.29, 0.717) is 30.0 Å². The van der Waals surface area contributed by atoms with Gasteiger partial charge in [-0.3, -0.25) is 10.3 Å². The molecular formula is C23H25FN4O3. The lowest BCUT2D eigenvalue weighted by atomic mass is 9.77. The Kier molecular flexibility index (Phi) is 4.62. The topological polar surface area (TPSA) is 77.9 Å². The largest absolute Gasteiger partial charge is 0.493 e. The number of nitrogens with one attached hydrogen (secondary N) is 2. The standard InChI is InChI=1S/C23H25FN4O3/c1-30-19-11-14-7-9-27-10-8-23(13-18(27)17(14)12-20(19)31-2)21(25)28(22(29)26-23)16-5-3-15(24)4-6-16/h3-6,11-12,18,25H,7-10,13H2,1-2H3,(H,26,29)/t18-,23+/m0/s1. The predicted molar refractivity (Wildman–Crippen MR) is 115 cm³/mol. The molecule has 162 valence electrons. The maximum atomic E-state index is 13.4. The Morgan fingerprint density at radius 2 is 1.84 bits per heavy atom. The molecule has 3 aliphatic heterocycles. The van der Waals surface area contributed by atoms with E-state index in [1.807, 2.05) is 12.1 Å². The maximum absolute atomic E-state index is 13.4. The lowest BCUT2D eigenvalue weighted by Gasteiger charge is -2.47. The Labute approximate surface area is 180 Å². The Morgan fingerprint density at radius 1 is 1.13 bits per heavy atom. The quantitative estimate of drug-likeness (QED) is 0.791. The van der Waals surface area contributed by atoms with Gasteiger partial charge in [0, 0.05) is 19.1 Å². The normalized spacial score (nSPS) is 25.3. The first-order chi connectivity index (χ1) is 15.0. The minimum atomic E-state index is -0.756. The first-order valence-electron chi connectivity index (χ1n) is 10.4. The first-order valence-corrected chi connectivity index (χ1v) is 10.4. The van der Waals surface area contributed by atoms with Crippen molar-refractivity contribution in [2.45, 2.75) is 30.8 Å². The number of halogens is 1. The molecule has 0 unspecified atom stereocenters. The van der Waals surface area contributed by atoms with E-state index in [9.17, 15) is 9.18 Å². The van der Waals surface area contributed by atoms with E-state index in [2.05, 4.69) is 10.2 Å². The van der Waals surface area contributed by atoms with Gasteiger partial charge in [-0.25, -0.2) is 14.1 Å². The molecule has 3 aliphatic rings. The zero-order chi connectivity index (χ0) is 21.8. The van der Waals surface area contributed by atoms with E-state index in [1.54, 1.807) is 14.2 Å². The van der Waals surface area contributed by atoms with Crippen molar-refractivity contribution in [2.24, 2.45) is 0 Å². The van der Waals surface area contributed by atoms with Crippen molar-refractivity contribution in [1.82, 2.24) is 10.2 Å². The molecule has 0 aromatic heterocycles. The maximum Gasteiger partial charge on any atom is 0.328 e. The number of piperidine rings is 1. The molecule has 1 spiro atoms. The number of nitrogens with zero attached hydrogens (tertiary/aromatic N) is 2. The molecular weight excluding hydrogens is 399 g/mol. The molecule has 3 heterocycles. The molecule has 2 aromatic carbocycles. The van der Waals surface area contributed by atoms with E-state index in [0.717, 1.165) is 25.1 Å². The fourth-order valence-corrected chi connectivity index (χ4v) is 5.15. The third-order valence-corrected chi connectivity index (χ3v) is 6.79. The molecule has 5 rings (SSSR count). The van der Waals surface area contributed by atoms with Crippen LogP contribution in [0.5, 0.6) is 11.5 Å². The number of anilines is 1. The number of amides is 2. The van der Waals surface area contributed by atoms with Crippen LogP contribution in [0, 0.1) is 11.2 Å². The molecule has 2 fully saturated rings. The number of benzene rings is 2.